The van der Waals surface area contributed by atoms with Crippen molar-refractivity contribution in [1.29, 1.82) is 0 Å². The summed E-state index contributed by atoms with van der Waals surface area (Å²) >= 11 is 0. The van der Waals surface area contributed by atoms with Crippen LogP contribution in [0.15, 0.2) is 30.6 Å². The molecule has 0 saturated heterocycles. The fourth-order valence-corrected chi connectivity index (χ4v) is 3.14. The topological polar surface area (TPSA) is 67.8 Å². The first-order chi connectivity index (χ1) is 11.6. The molecule has 0 atom stereocenters. The molecule has 4 aromatic rings. The highest BCUT2D eigenvalue weighted by atomic mass is 16.5. The zero-order chi connectivity index (χ0) is 16.8. The predicted molar refractivity (Wildman–Crippen MR) is 91.0 cm³/mol. The number of imidazole rings is 1. The van der Waals surface area contributed by atoms with E-state index in [9.17, 15) is 0 Å². The van der Waals surface area contributed by atoms with Crippen molar-refractivity contribution in [1.82, 2.24) is 19.9 Å². The highest BCUT2D eigenvalue weighted by Crippen LogP contribution is 2.23. The van der Waals surface area contributed by atoms with Crippen LogP contribution in [0.25, 0.3) is 28.1 Å². The lowest BCUT2D eigenvalue weighted by molar-refractivity contribution is -0.471. The Morgan fingerprint density at radius 3 is 2.67 bits per heavy atom. The second kappa shape index (κ2) is 5.26. The van der Waals surface area contributed by atoms with Gasteiger partial charge in [-0.25, -0.2) is 4.98 Å². The van der Waals surface area contributed by atoms with E-state index >= 15 is 0 Å². The first kappa shape index (κ1) is 14.6. The van der Waals surface area contributed by atoms with Gasteiger partial charge in [0.25, 0.3) is 11.5 Å². The van der Waals surface area contributed by atoms with E-state index in [-0.39, 0.29) is 0 Å². The van der Waals surface area contributed by atoms with E-state index in [1.165, 1.54) is 0 Å². The fourth-order valence-electron chi connectivity index (χ4n) is 3.14. The van der Waals surface area contributed by atoms with Crippen molar-refractivity contribution in [3.05, 3.63) is 47.5 Å². The number of rotatable bonds is 2. The highest BCUT2D eigenvalue weighted by Gasteiger charge is 2.24. The molecule has 4 heterocycles. The Bertz CT molecular complexity index is 1080. The van der Waals surface area contributed by atoms with Gasteiger partial charge in [-0.1, -0.05) is 4.98 Å². The molecule has 1 N–H and O–H groups in total. The minimum atomic E-state index is 0.565. The molecule has 0 spiro atoms. The van der Waals surface area contributed by atoms with Crippen LogP contribution in [-0.2, 0) is 0 Å². The number of aromatic amines is 1. The number of aromatic nitrogens is 5. The molecule has 0 aliphatic rings. The summed E-state index contributed by atoms with van der Waals surface area (Å²) in [5, 5.41) is 0. The first-order valence-corrected chi connectivity index (χ1v) is 7.77. The number of nitrogens with zero attached hydrogens (tertiary/aromatic N) is 4. The Morgan fingerprint density at radius 1 is 1.08 bits per heavy atom. The van der Waals surface area contributed by atoms with Gasteiger partial charge in [-0.15, -0.1) is 0 Å². The van der Waals surface area contributed by atoms with Crippen LogP contribution in [0.1, 0.15) is 17.0 Å². The van der Waals surface area contributed by atoms with E-state index in [1.807, 2.05) is 38.2 Å². The molecule has 120 valence electrons. The standard InChI is InChI=1S/C18H17N5O/c1-10-7-8-19-9-13(10)17-21-12(3)16-11(2)20-14-5-6-15(24-4)22-18(14)23(16)17/h5-9H,1-4H3/p+1. The van der Waals surface area contributed by atoms with Crippen LogP contribution >= 0.6 is 0 Å². The van der Waals surface area contributed by atoms with Crippen LogP contribution in [0.4, 0.5) is 0 Å². The van der Waals surface area contributed by atoms with Gasteiger partial charge in [-0.3, -0.25) is 9.97 Å². The minimum absolute atomic E-state index is 0.565. The molecule has 0 saturated carbocycles. The summed E-state index contributed by atoms with van der Waals surface area (Å²) in [4.78, 5) is 17.1. The van der Waals surface area contributed by atoms with Crippen molar-refractivity contribution in [2.75, 3.05) is 7.11 Å². The first-order valence-electron chi connectivity index (χ1n) is 7.77. The summed E-state index contributed by atoms with van der Waals surface area (Å²) in [6, 6.07) is 5.76. The molecule has 0 bridgehead atoms. The average Bonchev–Trinajstić information content (AvgIpc) is 2.93. The van der Waals surface area contributed by atoms with Gasteiger partial charge in [-0.2, -0.15) is 4.40 Å². The molecular formula is C18H18N5O+. The zero-order valence-corrected chi connectivity index (χ0v) is 14.1. The van der Waals surface area contributed by atoms with Crippen molar-refractivity contribution in [3.63, 3.8) is 0 Å². The second-order valence-corrected chi connectivity index (χ2v) is 5.87. The normalized spacial score (nSPS) is 11.3. The third-order valence-corrected chi connectivity index (χ3v) is 4.28. The van der Waals surface area contributed by atoms with Crippen LogP contribution in [0.2, 0.25) is 0 Å². The maximum atomic E-state index is 5.30. The summed E-state index contributed by atoms with van der Waals surface area (Å²) in [6.45, 7) is 6.13. The smallest absolute Gasteiger partial charge is 0.298 e. The third-order valence-electron chi connectivity index (χ3n) is 4.28. The number of fused-ring (bicyclic) bond motifs is 3. The minimum Gasteiger partial charge on any atom is -0.469 e. The zero-order valence-electron chi connectivity index (χ0n) is 14.1. The molecule has 0 radical (unpaired) electrons. The molecule has 0 aromatic carbocycles. The maximum Gasteiger partial charge on any atom is 0.298 e. The van der Waals surface area contributed by atoms with Gasteiger partial charge in [0.2, 0.25) is 5.82 Å². The monoisotopic (exact) mass is 320 g/mol. The molecule has 0 amide bonds. The van der Waals surface area contributed by atoms with Crippen molar-refractivity contribution < 1.29 is 9.14 Å². The summed E-state index contributed by atoms with van der Waals surface area (Å²) in [5.74, 6) is 1.51. The largest absolute Gasteiger partial charge is 0.469 e. The molecule has 0 aliphatic heterocycles. The Kier molecular flexibility index (Phi) is 3.19. The Labute approximate surface area is 139 Å². The van der Waals surface area contributed by atoms with Gasteiger partial charge >= 0.3 is 0 Å². The van der Waals surface area contributed by atoms with Crippen molar-refractivity contribution >= 4 is 16.7 Å². The number of ether oxygens (including phenoxy) is 1. The Morgan fingerprint density at radius 2 is 1.92 bits per heavy atom. The fraction of sp³-hybridized carbons (Fsp3) is 0.222. The number of aryl methyl sites for hydroxylation is 3. The quantitative estimate of drug-likeness (QED) is 0.577. The average molecular weight is 320 g/mol. The van der Waals surface area contributed by atoms with Crippen molar-refractivity contribution in [2.24, 2.45) is 0 Å². The Hall–Kier alpha value is -3.02. The van der Waals surface area contributed by atoms with E-state index < -0.39 is 0 Å². The summed E-state index contributed by atoms with van der Waals surface area (Å²) in [5.41, 5.74) is 6.80. The SMILES string of the molecule is COc1ccc2nc(C)c3c(C)[nH]c(-c4cnccc4C)[n+]3c2n1. The number of methoxy groups -OCH3 is 1. The van der Waals surface area contributed by atoms with Gasteiger partial charge < -0.3 is 4.74 Å². The number of hydrogen-bond donors (Lipinski definition) is 1. The molecule has 0 fully saturated rings. The molecule has 0 aliphatic carbocycles. The molecule has 24 heavy (non-hydrogen) atoms. The van der Waals surface area contributed by atoms with Crippen molar-refractivity contribution in [2.45, 2.75) is 20.8 Å². The van der Waals surface area contributed by atoms with Gasteiger partial charge in [0, 0.05) is 18.5 Å². The summed E-state index contributed by atoms with van der Waals surface area (Å²) in [7, 11) is 1.62. The van der Waals surface area contributed by atoms with Gasteiger partial charge in [0.1, 0.15) is 11.2 Å². The summed E-state index contributed by atoms with van der Waals surface area (Å²) in [6.07, 6.45) is 3.67. The number of nitrogens with one attached hydrogen (secondary N) is 1. The maximum absolute atomic E-state index is 5.30. The lowest BCUT2D eigenvalue weighted by atomic mass is 10.1. The van der Waals surface area contributed by atoms with Crippen LogP contribution in [0, 0.1) is 20.8 Å². The predicted octanol–water partition coefficient (Wildman–Crippen LogP) is 2.69. The molecular weight excluding hydrogens is 302 g/mol. The van der Waals surface area contributed by atoms with Crippen LogP contribution in [0.5, 0.6) is 5.88 Å². The summed E-state index contributed by atoms with van der Waals surface area (Å²) < 4.78 is 7.41. The second-order valence-electron chi connectivity index (χ2n) is 5.87. The van der Waals surface area contributed by atoms with Crippen LogP contribution < -0.4 is 9.14 Å². The molecule has 6 heteroatoms. The highest BCUT2D eigenvalue weighted by molar-refractivity contribution is 5.73. The molecule has 0 unspecified atom stereocenters. The van der Waals surface area contributed by atoms with Crippen LogP contribution in [0.3, 0.4) is 0 Å². The van der Waals surface area contributed by atoms with E-state index in [4.69, 9.17) is 9.72 Å². The Balaban J connectivity index is 2.21. The molecule has 4 aromatic heterocycles. The van der Waals surface area contributed by atoms with E-state index in [0.717, 1.165) is 45.0 Å². The van der Waals surface area contributed by atoms with Gasteiger partial charge in [-0.05, 0) is 38.5 Å². The lowest BCUT2D eigenvalue weighted by Crippen LogP contribution is -2.27. The van der Waals surface area contributed by atoms with E-state index in [2.05, 4.69) is 26.3 Å². The lowest BCUT2D eigenvalue weighted by Gasteiger charge is -2.04. The van der Waals surface area contributed by atoms with Gasteiger partial charge in [0.05, 0.1) is 18.4 Å². The van der Waals surface area contributed by atoms with Crippen molar-refractivity contribution in [3.8, 4) is 17.3 Å². The third kappa shape index (κ3) is 2.03. The molecule has 4 rings (SSSR count). The number of hydrogen-bond acceptors (Lipinski definition) is 4. The van der Waals surface area contributed by atoms with E-state index in [0.29, 0.717) is 5.88 Å². The molecule has 6 nitrogen and oxygen atoms in total. The van der Waals surface area contributed by atoms with Crippen LogP contribution in [-0.4, -0.2) is 27.0 Å². The number of pyridine rings is 2. The van der Waals surface area contributed by atoms with E-state index in [1.54, 1.807) is 13.3 Å². The number of H-pyrrole nitrogens is 1. The van der Waals surface area contributed by atoms with Gasteiger partial charge in [0.15, 0.2) is 5.52 Å².